The Bertz CT molecular complexity index is 810. The number of aldehydes is 3. The van der Waals surface area contributed by atoms with Crippen molar-refractivity contribution >= 4 is 18.9 Å². The van der Waals surface area contributed by atoms with Gasteiger partial charge in [0.25, 0.3) is 0 Å². The zero-order chi connectivity index (χ0) is 19.9. The summed E-state index contributed by atoms with van der Waals surface area (Å²) in [5.74, 6) is 0.950. The molecule has 0 aliphatic rings. The molecule has 3 rings (SSSR count). The second-order valence-corrected chi connectivity index (χ2v) is 5.13. The number of methoxy groups -OCH3 is 1. The van der Waals surface area contributed by atoms with Crippen molar-refractivity contribution < 1.29 is 24.2 Å². The second kappa shape index (κ2) is 12.6. The van der Waals surface area contributed by atoms with E-state index in [4.69, 9.17) is 9.84 Å². The van der Waals surface area contributed by atoms with E-state index >= 15 is 0 Å². The Balaban J connectivity index is 0.000000204. The van der Waals surface area contributed by atoms with Gasteiger partial charge in [-0.2, -0.15) is 0 Å². The lowest BCUT2D eigenvalue weighted by atomic mass is 10.2. The van der Waals surface area contributed by atoms with Crippen LogP contribution in [-0.4, -0.2) is 31.1 Å². The first-order valence-electron chi connectivity index (χ1n) is 7.96. The molecule has 0 fully saturated rings. The van der Waals surface area contributed by atoms with Crippen molar-refractivity contribution in [1.82, 2.24) is 0 Å². The van der Waals surface area contributed by atoms with Gasteiger partial charge in [-0.1, -0.05) is 30.3 Å². The largest absolute Gasteiger partial charge is 0.508 e. The predicted octanol–water partition coefficient (Wildman–Crippen LogP) is 4.21. The molecule has 0 saturated heterocycles. The molecule has 27 heavy (non-hydrogen) atoms. The third kappa shape index (κ3) is 8.79. The van der Waals surface area contributed by atoms with Crippen LogP contribution in [0.1, 0.15) is 31.1 Å². The molecule has 0 spiro atoms. The number of carbonyl (C=O) groups excluding carboxylic acids is 3. The van der Waals surface area contributed by atoms with Crippen molar-refractivity contribution in [1.29, 1.82) is 0 Å². The topological polar surface area (TPSA) is 80.7 Å². The molecule has 0 aromatic heterocycles. The van der Waals surface area contributed by atoms with Gasteiger partial charge in [0.1, 0.15) is 30.4 Å². The van der Waals surface area contributed by atoms with Crippen LogP contribution < -0.4 is 4.74 Å². The van der Waals surface area contributed by atoms with E-state index < -0.39 is 0 Å². The maximum absolute atomic E-state index is 10.2. The Morgan fingerprint density at radius 1 is 0.630 bits per heavy atom. The lowest BCUT2D eigenvalue weighted by Crippen LogP contribution is -1.82. The number of hydrogen-bond acceptors (Lipinski definition) is 5. The van der Waals surface area contributed by atoms with Gasteiger partial charge in [0.2, 0.25) is 0 Å². The first-order valence-corrected chi connectivity index (χ1v) is 7.96. The minimum Gasteiger partial charge on any atom is -0.508 e. The molecular formula is C22H20O5. The third-order valence-electron chi connectivity index (χ3n) is 3.22. The van der Waals surface area contributed by atoms with Gasteiger partial charge in [-0.25, -0.2) is 0 Å². The summed E-state index contributed by atoms with van der Waals surface area (Å²) in [5.41, 5.74) is 1.97. The van der Waals surface area contributed by atoms with Gasteiger partial charge in [-0.05, 0) is 48.5 Å². The third-order valence-corrected chi connectivity index (χ3v) is 3.22. The average molecular weight is 364 g/mol. The summed E-state index contributed by atoms with van der Waals surface area (Å²) in [4.78, 5) is 30.2. The minimum absolute atomic E-state index is 0.181. The highest BCUT2D eigenvalue weighted by Crippen LogP contribution is 2.09. The molecule has 0 aliphatic carbocycles. The summed E-state index contributed by atoms with van der Waals surface area (Å²) in [5, 5.41) is 8.74. The first kappa shape index (κ1) is 21.3. The van der Waals surface area contributed by atoms with Gasteiger partial charge in [-0.3, -0.25) is 14.4 Å². The van der Waals surface area contributed by atoms with Crippen molar-refractivity contribution in [3.63, 3.8) is 0 Å². The van der Waals surface area contributed by atoms with Crippen molar-refractivity contribution in [2.45, 2.75) is 0 Å². The molecule has 5 heteroatoms. The van der Waals surface area contributed by atoms with Gasteiger partial charge in [-0.15, -0.1) is 0 Å². The van der Waals surface area contributed by atoms with E-state index in [0.717, 1.165) is 30.2 Å². The summed E-state index contributed by atoms with van der Waals surface area (Å²) in [6.07, 6.45) is 2.37. The average Bonchev–Trinajstić information content (AvgIpc) is 2.76. The number of phenolic OH excluding ortho intramolecular Hbond substituents is 1. The SMILES string of the molecule is COc1ccc(C=O)cc1.O=Cc1ccc(O)cc1.O=Cc1ccccc1. The highest BCUT2D eigenvalue weighted by Gasteiger charge is 1.89. The normalized spacial score (nSPS) is 8.78. The van der Waals surface area contributed by atoms with E-state index in [1.165, 1.54) is 12.1 Å². The van der Waals surface area contributed by atoms with E-state index in [-0.39, 0.29) is 5.75 Å². The van der Waals surface area contributed by atoms with Crippen LogP contribution in [0.2, 0.25) is 0 Å². The Hall–Kier alpha value is -3.73. The van der Waals surface area contributed by atoms with E-state index in [1.54, 1.807) is 55.6 Å². The summed E-state index contributed by atoms with van der Waals surface area (Å²) < 4.78 is 4.90. The van der Waals surface area contributed by atoms with E-state index in [0.29, 0.717) is 11.1 Å². The molecule has 0 radical (unpaired) electrons. The van der Waals surface area contributed by atoms with Gasteiger partial charge < -0.3 is 9.84 Å². The maximum atomic E-state index is 10.2. The standard InChI is InChI=1S/C8H8O2.C7H6O2.C7H6O/c1-10-8-4-2-7(6-9)3-5-8;8-5-6-1-3-7(9)4-2-6;8-6-7-4-2-1-3-5-7/h2-6H,1H3;1-5,9H;1-6H. The zero-order valence-corrected chi connectivity index (χ0v) is 14.8. The number of rotatable bonds is 4. The smallest absolute Gasteiger partial charge is 0.150 e. The number of benzene rings is 3. The van der Waals surface area contributed by atoms with Crippen LogP contribution in [0.5, 0.6) is 11.5 Å². The van der Waals surface area contributed by atoms with Crippen LogP contribution in [0.4, 0.5) is 0 Å². The van der Waals surface area contributed by atoms with E-state index in [1.807, 2.05) is 18.2 Å². The molecule has 0 saturated carbocycles. The van der Waals surface area contributed by atoms with Crippen LogP contribution in [0.15, 0.2) is 78.9 Å². The molecule has 3 aromatic rings. The van der Waals surface area contributed by atoms with E-state index in [2.05, 4.69) is 0 Å². The first-order chi connectivity index (χ1) is 13.1. The molecule has 0 bridgehead atoms. The van der Waals surface area contributed by atoms with Gasteiger partial charge in [0.05, 0.1) is 7.11 Å². The van der Waals surface area contributed by atoms with Crippen LogP contribution in [-0.2, 0) is 0 Å². The van der Waals surface area contributed by atoms with Gasteiger partial charge in [0.15, 0.2) is 0 Å². The molecule has 0 aliphatic heterocycles. The minimum atomic E-state index is 0.181. The summed E-state index contributed by atoms with van der Waals surface area (Å²) in [6.45, 7) is 0. The summed E-state index contributed by atoms with van der Waals surface area (Å²) in [6, 6.07) is 22.1. The lowest BCUT2D eigenvalue weighted by molar-refractivity contribution is 0.111. The highest BCUT2D eigenvalue weighted by molar-refractivity contribution is 5.75. The summed E-state index contributed by atoms with van der Waals surface area (Å²) in [7, 11) is 1.59. The number of phenols is 1. The van der Waals surface area contributed by atoms with Crippen LogP contribution in [0.3, 0.4) is 0 Å². The maximum Gasteiger partial charge on any atom is 0.150 e. The molecule has 0 amide bonds. The van der Waals surface area contributed by atoms with Crippen molar-refractivity contribution in [2.24, 2.45) is 0 Å². The number of carbonyl (C=O) groups is 3. The fourth-order valence-corrected chi connectivity index (χ4v) is 1.77. The Kier molecular flexibility index (Phi) is 9.95. The molecule has 138 valence electrons. The second-order valence-electron chi connectivity index (χ2n) is 5.13. The van der Waals surface area contributed by atoms with Crippen molar-refractivity contribution in [2.75, 3.05) is 7.11 Å². The van der Waals surface area contributed by atoms with Gasteiger partial charge >= 0.3 is 0 Å². The Labute approximate surface area is 157 Å². The fourth-order valence-electron chi connectivity index (χ4n) is 1.77. The Morgan fingerprint density at radius 2 is 1.04 bits per heavy atom. The molecule has 0 unspecified atom stereocenters. The van der Waals surface area contributed by atoms with Crippen LogP contribution >= 0.6 is 0 Å². The molecule has 1 N–H and O–H groups in total. The van der Waals surface area contributed by atoms with E-state index in [9.17, 15) is 14.4 Å². The van der Waals surface area contributed by atoms with Crippen molar-refractivity contribution in [3.8, 4) is 11.5 Å². The van der Waals surface area contributed by atoms with Crippen LogP contribution in [0, 0.1) is 0 Å². The molecule has 0 heterocycles. The number of aromatic hydroxyl groups is 1. The quantitative estimate of drug-likeness (QED) is 0.701. The molecule has 0 atom stereocenters. The highest BCUT2D eigenvalue weighted by atomic mass is 16.5. The molecule has 3 aromatic carbocycles. The van der Waals surface area contributed by atoms with Gasteiger partial charge in [0, 0.05) is 16.7 Å². The Morgan fingerprint density at radius 3 is 1.41 bits per heavy atom. The molecular weight excluding hydrogens is 344 g/mol. The monoisotopic (exact) mass is 364 g/mol. The molecule has 5 nitrogen and oxygen atoms in total. The summed E-state index contributed by atoms with van der Waals surface area (Å²) >= 11 is 0. The number of hydrogen-bond donors (Lipinski definition) is 1. The number of ether oxygens (including phenoxy) is 1. The zero-order valence-electron chi connectivity index (χ0n) is 14.8. The predicted molar refractivity (Wildman–Crippen MR) is 104 cm³/mol. The lowest BCUT2D eigenvalue weighted by Gasteiger charge is -1.96. The fraction of sp³-hybridized carbons (Fsp3) is 0.0455. The van der Waals surface area contributed by atoms with Crippen molar-refractivity contribution in [3.05, 3.63) is 95.6 Å². The van der Waals surface area contributed by atoms with Crippen LogP contribution in [0.25, 0.3) is 0 Å².